The molecule has 0 saturated carbocycles. The van der Waals surface area contributed by atoms with E-state index in [4.69, 9.17) is 10.4 Å². The summed E-state index contributed by atoms with van der Waals surface area (Å²) in [5.74, 6) is -1.65. The van der Waals surface area contributed by atoms with E-state index in [1.807, 2.05) is 0 Å². The molecule has 0 bridgehead atoms. The first-order chi connectivity index (χ1) is 7.90. The number of nitrogens with zero attached hydrogens (tertiary/aromatic N) is 3. The van der Waals surface area contributed by atoms with Gasteiger partial charge in [-0.2, -0.15) is 5.26 Å². The Morgan fingerprint density at radius 1 is 1.65 bits per heavy atom. The lowest BCUT2D eigenvalue weighted by Crippen LogP contribution is -2.09. The Morgan fingerprint density at radius 3 is 2.59 bits per heavy atom. The van der Waals surface area contributed by atoms with E-state index in [0.29, 0.717) is 6.20 Å². The molecule has 0 saturated heterocycles. The first-order valence-electron chi connectivity index (χ1n) is 3.99. The van der Waals surface area contributed by atoms with Crippen LogP contribution in [-0.4, -0.2) is 21.0 Å². The zero-order valence-electron chi connectivity index (χ0n) is 7.92. The molecular weight excluding hydrogens is 240 g/mol. The lowest BCUT2D eigenvalue weighted by molar-refractivity contribution is -0.386. The number of pyridine rings is 1. The summed E-state index contributed by atoms with van der Waals surface area (Å²) in [6, 6.07) is 1.23. The lowest BCUT2D eigenvalue weighted by Gasteiger charge is -2.04. The number of hydrogen-bond donors (Lipinski definition) is 1. The monoisotopic (exact) mass is 243 g/mol. The third kappa shape index (κ3) is 2.15. The summed E-state index contributed by atoms with van der Waals surface area (Å²) in [7, 11) is 0. The maximum atomic E-state index is 12.4. The SMILES string of the molecule is N#Cc1c(C(=O)O)cnc(C(F)F)c1[N+](=O)[O-]. The number of nitriles is 1. The fourth-order valence-electron chi connectivity index (χ4n) is 1.14. The van der Waals surface area contributed by atoms with Crippen LogP contribution in [0, 0.1) is 21.4 Å². The van der Waals surface area contributed by atoms with Gasteiger partial charge in [-0.05, 0) is 0 Å². The quantitative estimate of drug-likeness (QED) is 0.634. The minimum Gasteiger partial charge on any atom is -0.478 e. The van der Waals surface area contributed by atoms with Crippen molar-refractivity contribution < 1.29 is 23.6 Å². The number of carboxylic acids is 1. The number of carbonyl (C=O) groups is 1. The molecule has 0 fully saturated rings. The van der Waals surface area contributed by atoms with Crippen molar-refractivity contribution in [1.82, 2.24) is 4.98 Å². The number of aromatic nitrogens is 1. The van der Waals surface area contributed by atoms with Gasteiger partial charge in [-0.1, -0.05) is 0 Å². The van der Waals surface area contributed by atoms with Crippen LogP contribution in [0.3, 0.4) is 0 Å². The molecule has 1 N–H and O–H groups in total. The fourth-order valence-corrected chi connectivity index (χ4v) is 1.14. The molecule has 0 aliphatic carbocycles. The molecule has 1 aromatic rings. The fraction of sp³-hybridized carbons (Fsp3) is 0.125. The van der Waals surface area contributed by atoms with Gasteiger partial charge < -0.3 is 5.11 Å². The van der Waals surface area contributed by atoms with Gasteiger partial charge in [0.25, 0.3) is 6.43 Å². The first-order valence-corrected chi connectivity index (χ1v) is 3.99. The van der Waals surface area contributed by atoms with Crippen molar-refractivity contribution in [2.24, 2.45) is 0 Å². The van der Waals surface area contributed by atoms with Crippen molar-refractivity contribution in [2.45, 2.75) is 6.43 Å². The molecule has 0 aromatic carbocycles. The van der Waals surface area contributed by atoms with E-state index in [1.54, 1.807) is 0 Å². The number of carboxylic acid groups (broad SMARTS) is 1. The van der Waals surface area contributed by atoms with Gasteiger partial charge in [0.1, 0.15) is 17.2 Å². The molecule has 88 valence electrons. The van der Waals surface area contributed by atoms with Crippen molar-refractivity contribution in [1.29, 1.82) is 5.26 Å². The molecule has 0 amide bonds. The van der Waals surface area contributed by atoms with Gasteiger partial charge in [0.2, 0.25) is 0 Å². The van der Waals surface area contributed by atoms with Gasteiger partial charge in [0.15, 0.2) is 5.69 Å². The van der Waals surface area contributed by atoms with Crippen LogP contribution in [0.15, 0.2) is 6.20 Å². The summed E-state index contributed by atoms with van der Waals surface area (Å²) < 4.78 is 24.8. The molecule has 0 radical (unpaired) electrons. The Bertz CT molecular complexity index is 538. The van der Waals surface area contributed by atoms with Crippen molar-refractivity contribution >= 4 is 11.7 Å². The van der Waals surface area contributed by atoms with Crippen LogP contribution in [0.5, 0.6) is 0 Å². The van der Waals surface area contributed by atoms with Gasteiger partial charge in [0.05, 0.1) is 4.92 Å². The van der Waals surface area contributed by atoms with Gasteiger partial charge in [0, 0.05) is 6.20 Å². The van der Waals surface area contributed by atoms with E-state index >= 15 is 0 Å². The Morgan fingerprint density at radius 2 is 2.24 bits per heavy atom. The summed E-state index contributed by atoms with van der Waals surface area (Å²) in [4.78, 5) is 23.0. The predicted octanol–water partition coefficient (Wildman–Crippen LogP) is 1.50. The molecule has 7 nitrogen and oxygen atoms in total. The average Bonchev–Trinajstić information content (AvgIpc) is 2.26. The van der Waals surface area contributed by atoms with Gasteiger partial charge in [-0.3, -0.25) is 10.1 Å². The number of halogens is 2. The van der Waals surface area contributed by atoms with Gasteiger partial charge in [-0.15, -0.1) is 0 Å². The highest BCUT2D eigenvalue weighted by molar-refractivity contribution is 5.92. The molecule has 1 heterocycles. The zero-order valence-corrected chi connectivity index (χ0v) is 7.92. The van der Waals surface area contributed by atoms with Crippen molar-refractivity contribution in [2.75, 3.05) is 0 Å². The van der Waals surface area contributed by atoms with E-state index in [9.17, 15) is 23.7 Å². The number of rotatable bonds is 3. The second kappa shape index (κ2) is 4.48. The van der Waals surface area contributed by atoms with Crippen molar-refractivity contribution in [3.63, 3.8) is 0 Å². The first kappa shape index (κ1) is 12.4. The Labute approximate surface area is 92.1 Å². The van der Waals surface area contributed by atoms with E-state index in [0.717, 1.165) is 0 Å². The van der Waals surface area contributed by atoms with Crippen LogP contribution in [0.1, 0.15) is 28.0 Å². The van der Waals surface area contributed by atoms with Crippen LogP contribution in [0.4, 0.5) is 14.5 Å². The third-order valence-electron chi connectivity index (χ3n) is 1.81. The van der Waals surface area contributed by atoms with Gasteiger partial charge >= 0.3 is 11.7 Å². The van der Waals surface area contributed by atoms with Gasteiger partial charge in [-0.25, -0.2) is 18.6 Å². The molecular formula is C8H3F2N3O4. The topological polar surface area (TPSA) is 117 Å². The number of aromatic carboxylic acids is 1. The van der Waals surface area contributed by atoms with Crippen LogP contribution >= 0.6 is 0 Å². The van der Waals surface area contributed by atoms with Crippen LogP contribution in [0.2, 0.25) is 0 Å². The van der Waals surface area contributed by atoms with Crippen LogP contribution in [0.25, 0.3) is 0 Å². The Hall–Kier alpha value is -2.63. The summed E-state index contributed by atoms with van der Waals surface area (Å²) in [6.45, 7) is 0. The smallest absolute Gasteiger partial charge is 0.338 e. The predicted molar refractivity (Wildman–Crippen MR) is 47.5 cm³/mol. The second-order valence-corrected chi connectivity index (χ2v) is 2.76. The van der Waals surface area contributed by atoms with Crippen LogP contribution in [-0.2, 0) is 0 Å². The molecule has 9 heteroatoms. The van der Waals surface area contributed by atoms with Crippen molar-refractivity contribution in [3.8, 4) is 6.07 Å². The molecule has 17 heavy (non-hydrogen) atoms. The number of nitro groups is 1. The highest BCUT2D eigenvalue weighted by Crippen LogP contribution is 2.31. The molecule has 0 unspecified atom stereocenters. The number of hydrogen-bond acceptors (Lipinski definition) is 5. The minimum absolute atomic E-state index is 0.495. The Balaban J connectivity index is 3.69. The Kier molecular flexibility index (Phi) is 3.28. The molecule has 0 aliphatic heterocycles. The second-order valence-electron chi connectivity index (χ2n) is 2.76. The summed E-state index contributed by atoms with van der Waals surface area (Å²) in [5.41, 5.74) is -4.23. The van der Waals surface area contributed by atoms with Crippen LogP contribution < -0.4 is 0 Å². The van der Waals surface area contributed by atoms with E-state index < -0.39 is 39.8 Å². The molecule has 0 aliphatic rings. The molecule has 1 aromatic heterocycles. The molecule has 1 rings (SSSR count). The lowest BCUT2D eigenvalue weighted by atomic mass is 10.1. The van der Waals surface area contributed by atoms with E-state index in [-0.39, 0.29) is 0 Å². The van der Waals surface area contributed by atoms with E-state index in [2.05, 4.69) is 4.98 Å². The minimum atomic E-state index is -3.27. The average molecular weight is 243 g/mol. The molecule has 0 atom stereocenters. The highest BCUT2D eigenvalue weighted by atomic mass is 19.3. The maximum Gasteiger partial charge on any atom is 0.338 e. The maximum absolute atomic E-state index is 12.4. The number of alkyl halides is 2. The summed E-state index contributed by atoms with van der Waals surface area (Å²) in [6.07, 6.45) is -2.78. The standard InChI is InChI=1S/C8H3F2N3O4/c9-7(10)5-6(13(16)17)3(1-11)4(2-12-5)8(14)15/h2,7H,(H,14,15). The van der Waals surface area contributed by atoms with Crippen molar-refractivity contribution in [3.05, 3.63) is 33.1 Å². The highest BCUT2D eigenvalue weighted by Gasteiger charge is 2.31. The largest absolute Gasteiger partial charge is 0.478 e. The third-order valence-corrected chi connectivity index (χ3v) is 1.81. The summed E-state index contributed by atoms with van der Waals surface area (Å²) >= 11 is 0. The summed E-state index contributed by atoms with van der Waals surface area (Å²) in [5, 5.41) is 27.8. The van der Waals surface area contributed by atoms with E-state index in [1.165, 1.54) is 6.07 Å². The zero-order chi connectivity index (χ0) is 13.2. The molecule has 0 spiro atoms. The normalized spacial score (nSPS) is 10.0.